The van der Waals surface area contributed by atoms with Crippen LogP contribution < -0.4 is 0 Å². The summed E-state index contributed by atoms with van der Waals surface area (Å²) in [5.41, 5.74) is 0. The molecule has 56 valence electrons. The molecule has 0 aromatic heterocycles. The van der Waals surface area contributed by atoms with E-state index in [9.17, 15) is 4.39 Å². The molecule has 0 bridgehead atoms. The molecule has 0 aliphatic heterocycles. The average Bonchev–Trinajstić information content (AvgIpc) is 1.88. The zero-order chi connectivity index (χ0) is 7.70. The number of hydrogen-bond acceptors (Lipinski definition) is 0. The quantitative estimate of drug-likeness (QED) is 0.537. The summed E-state index contributed by atoms with van der Waals surface area (Å²) in [6, 6.07) is 0. The number of allylic oxidation sites excluding steroid dienone is 2. The van der Waals surface area contributed by atoms with E-state index in [4.69, 9.17) is 0 Å². The smallest absolute Gasteiger partial charge is 0.0928 e. The first-order valence-electron chi connectivity index (χ1n) is 3.59. The molecule has 0 atom stereocenters. The van der Waals surface area contributed by atoms with Crippen molar-refractivity contribution >= 4 is 0 Å². The third-order valence-corrected chi connectivity index (χ3v) is 0.714. The molecule has 0 saturated heterocycles. The molecule has 0 fully saturated rings. The number of unbranched alkanes of at least 4 members (excludes halogenated alkanes) is 1. The summed E-state index contributed by atoms with van der Waals surface area (Å²) in [4.78, 5) is 0. The molecule has 1 heteroatoms. The third-order valence-electron chi connectivity index (χ3n) is 0.714. The highest BCUT2D eigenvalue weighted by Crippen LogP contribution is 1.96. The Labute approximate surface area is 57.8 Å². The van der Waals surface area contributed by atoms with Crippen LogP contribution in [0.3, 0.4) is 0 Å². The van der Waals surface area contributed by atoms with Crippen LogP contribution in [-0.2, 0) is 0 Å². The Morgan fingerprint density at radius 2 is 1.89 bits per heavy atom. The Bertz CT molecular complexity index is 61.0. The lowest BCUT2D eigenvalue weighted by atomic mass is 10.3. The molecular formula is C8H17F. The van der Waals surface area contributed by atoms with Gasteiger partial charge in [-0.1, -0.05) is 33.3 Å². The van der Waals surface area contributed by atoms with E-state index in [1.54, 1.807) is 6.08 Å². The summed E-state index contributed by atoms with van der Waals surface area (Å²) >= 11 is 0. The zero-order valence-corrected chi connectivity index (χ0v) is 6.87. The van der Waals surface area contributed by atoms with Gasteiger partial charge in [-0.3, -0.25) is 0 Å². The van der Waals surface area contributed by atoms with Gasteiger partial charge in [0, 0.05) is 0 Å². The fourth-order valence-electron chi connectivity index (χ4n) is 0.343. The minimum absolute atomic E-state index is 0.0677. The molecule has 0 radical (unpaired) electrons. The van der Waals surface area contributed by atoms with Crippen LogP contribution in [0.2, 0.25) is 0 Å². The van der Waals surface area contributed by atoms with E-state index in [0.29, 0.717) is 0 Å². The van der Waals surface area contributed by atoms with Crippen molar-refractivity contribution in [2.24, 2.45) is 0 Å². The SMILES string of the molecule is CC.CCC/C=C(/C)F. The van der Waals surface area contributed by atoms with Gasteiger partial charge in [0.15, 0.2) is 0 Å². The Hall–Kier alpha value is -0.330. The Morgan fingerprint density at radius 1 is 1.44 bits per heavy atom. The second kappa shape index (κ2) is 10.6. The summed E-state index contributed by atoms with van der Waals surface area (Å²) < 4.78 is 11.7. The lowest BCUT2D eigenvalue weighted by Gasteiger charge is -1.81. The average molecular weight is 132 g/mol. The van der Waals surface area contributed by atoms with Crippen LogP contribution in [0.4, 0.5) is 4.39 Å². The van der Waals surface area contributed by atoms with Crippen LogP contribution in [0, 0.1) is 0 Å². The highest BCUT2D eigenvalue weighted by atomic mass is 19.1. The highest BCUT2D eigenvalue weighted by molar-refractivity contribution is 4.85. The van der Waals surface area contributed by atoms with Crippen molar-refractivity contribution in [3.05, 3.63) is 11.9 Å². The van der Waals surface area contributed by atoms with Crippen molar-refractivity contribution in [2.45, 2.75) is 40.5 Å². The third kappa shape index (κ3) is 18.3. The molecule has 0 spiro atoms. The monoisotopic (exact) mass is 132 g/mol. The molecular weight excluding hydrogens is 115 g/mol. The first-order chi connectivity index (χ1) is 4.27. The van der Waals surface area contributed by atoms with Gasteiger partial charge >= 0.3 is 0 Å². The summed E-state index contributed by atoms with van der Waals surface area (Å²) in [5.74, 6) is -0.0677. The van der Waals surface area contributed by atoms with Gasteiger partial charge in [-0.2, -0.15) is 0 Å². The van der Waals surface area contributed by atoms with Crippen LogP contribution >= 0.6 is 0 Å². The zero-order valence-electron chi connectivity index (χ0n) is 6.87. The van der Waals surface area contributed by atoms with Crippen molar-refractivity contribution in [2.75, 3.05) is 0 Å². The van der Waals surface area contributed by atoms with Gasteiger partial charge in [0.05, 0.1) is 5.83 Å². The Balaban J connectivity index is 0. The fourth-order valence-corrected chi connectivity index (χ4v) is 0.343. The summed E-state index contributed by atoms with van der Waals surface area (Å²) in [5, 5.41) is 0. The van der Waals surface area contributed by atoms with Crippen molar-refractivity contribution in [3.63, 3.8) is 0 Å². The minimum atomic E-state index is -0.0677. The maximum atomic E-state index is 11.7. The standard InChI is InChI=1S/C6H11F.C2H6/c1-3-4-5-6(2)7;1-2/h5H,3-4H2,1-2H3;1-2H3/b6-5-;. The molecule has 0 aliphatic carbocycles. The molecule has 0 rings (SSSR count). The topological polar surface area (TPSA) is 0 Å². The summed E-state index contributed by atoms with van der Waals surface area (Å²) in [7, 11) is 0. The largest absolute Gasteiger partial charge is 0.212 e. The number of rotatable bonds is 2. The Morgan fingerprint density at radius 3 is 2.00 bits per heavy atom. The van der Waals surface area contributed by atoms with E-state index in [1.807, 2.05) is 20.8 Å². The van der Waals surface area contributed by atoms with Gasteiger partial charge in [-0.25, -0.2) is 4.39 Å². The molecule has 0 nitrogen and oxygen atoms in total. The van der Waals surface area contributed by atoms with E-state index >= 15 is 0 Å². The van der Waals surface area contributed by atoms with Crippen molar-refractivity contribution < 1.29 is 4.39 Å². The van der Waals surface area contributed by atoms with Gasteiger partial charge in [0.2, 0.25) is 0 Å². The fraction of sp³-hybridized carbons (Fsp3) is 0.750. The summed E-state index contributed by atoms with van der Waals surface area (Å²) in [6.07, 6.45) is 3.49. The van der Waals surface area contributed by atoms with E-state index < -0.39 is 0 Å². The van der Waals surface area contributed by atoms with E-state index in [2.05, 4.69) is 0 Å². The molecule has 0 aromatic rings. The highest BCUT2D eigenvalue weighted by Gasteiger charge is 1.77. The molecule has 0 aliphatic rings. The van der Waals surface area contributed by atoms with E-state index in [-0.39, 0.29) is 5.83 Å². The second-order valence-electron chi connectivity index (χ2n) is 1.58. The minimum Gasteiger partial charge on any atom is -0.212 e. The molecule has 9 heavy (non-hydrogen) atoms. The van der Waals surface area contributed by atoms with E-state index in [1.165, 1.54) is 6.92 Å². The molecule has 0 amide bonds. The molecule has 0 saturated carbocycles. The lowest BCUT2D eigenvalue weighted by Crippen LogP contribution is -1.62. The van der Waals surface area contributed by atoms with Gasteiger partial charge in [-0.15, -0.1) is 0 Å². The van der Waals surface area contributed by atoms with Crippen LogP contribution in [-0.4, -0.2) is 0 Å². The molecule has 0 heterocycles. The van der Waals surface area contributed by atoms with E-state index in [0.717, 1.165) is 12.8 Å². The second-order valence-corrected chi connectivity index (χ2v) is 1.58. The van der Waals surface area contributed by atoms with Gasteiger partial charge in [-0.05, 0) is 13.3 Å². The maximum Gasteiger partial charge on any atom is 0.0928 e. The van der Waals surface area contributed by atoms with Crippen molar-refractivity contribution in [1.82, 2.24) is 0 Å². The Kier molecular flexibility index (Phi) is 13.5. The molecule has 0 N–H and O–H groups in total. The first-order valence-corrected chi connectivity index (χ1v) is 3.59. The predicted octanol–water partition coefficient (Wildman–Crippen LogP) is 3.69. The van der Waals surface area contributed by atoms with Gasteiger partial charge < -0.3 is 0 Å². The first kappa shape index (κ1) is 11.5. The van der Waals surface area contributed by atoms with Gasteiger partial charge in [0.1, 0.15) is 0 Å². The number of hydrogen-bond donors (Lipinski definition) is 0. The van der Waals surface area contributed by atoms with Crippen LogP contribution in [0.15, 0.2) is 11.9 Å². The normalized spacial score (nSPS) is 10.1. The molecule has 0 unspecified atom stereocenters. The molecule has 0 aromatic carbocycles. The van der Waals surface area contributed by atoms with Crippen LogP contribution in [0.5, 0.6) is 0 Å². The van der Waals surface area contributed by atoms with Crippen molar-refractivity contribution in [3.8, 4) is 0 Å². The maximum absolute atomic E-state index is 11.7. The van der Waals surface area contributed by atoms with Crippen molar-refractivity contribution in [1.29, 1.82) is 0 Å². The van der Waals surface area contributed by atoms with Crippen LogP contribution in [0.1, 0.15) is 40.5 Å². The van der Waals surface area contributed by atoms with Gasteiger partial charge in [0.25, 0.3) is 0 Å². The van der Waals surface area contributed by atoms with Crippen LogP contribution in [0.25, 0.3) is 0 Å². The predicted molar refractivity (Wildman–Crippen MR) is 41.1 cm³/mol. The summed E-state index contributed by atoms with van der Waals surface area (Å²) in [6.45, 7) is 7.50. The lowest BCUT2D eigenvalue weighted by molar-refractivity contribution is 0.632. The number of halogens is 1.